The highest BCUT2D eigenvalue weighted by Crippen LogP contribution is 2.34. The number of ether oxygens (including phenoxy) is 1. The van der Waals surface area contributed by atoms with E-state index in [9.17, 15) is 19.7 Å². The van der Waals surface area contributed by atoms with Gasteiger partial charge in [0, 0.05) is 23.3 Å². The molecular weight excluding hydrogens is 468 g/mol. The third kappa shape index (κ3) is 4.94. The van der Waals surface area contributed by atoms with Gasteiger partial charge in [0.2, 0.25) is 0 Å². The number of nitro benzene ring substituents is 1. The van der Waals surface area contributed by atoms with Crippen LogP contribution in [0.5, 0.6) is 5.75 Å². The first-order chi connectivity index (χ1) is 15.8. The summed E-state index contributed by atoms with van der Waals surface area (Å²) < 4.78 is 11.3. The number of nitro groups is 1. The van der Waals surface area contributed by atoms with Gasteiger partial charge in [-0.3, -0.25) is 24.6 Å². The summed E-state index contributed by atoms with van der Waals surface area (Å²) in [5.74, 6) is 0.925. The Bertz CT molecular complexity index is 1290. The smallest absolute Gasteiger partial charge is 0.293 e. The first-order valence-corrected chi connectivity index (χ1v) is 11.0. The van der Waals surface area contributed by atoms with E-state index in [0.717, 1.165) is 16.7 Å². The number of thioether (sulfide) groups is 1. The first-order valence-electron chi connectivity index (χ1n) is 9.81. The van der Waals surface area contributed by atoms with Gasteiger partial charge in [-0.2, -0.15) is 0 Å². The average molecular weight is 485 g/mol. The summed E-state index contributed by atoms with van der Waals surface area (Å²) in [5.41, 5.74) is 1.20. The third-order valence-electron chi connectivity index (χ3n) is 4.86. The lowest BCUT2D eigenvalue weighted by Crippen LogP contribution is -2.32. The van der Waals surface area contributed by atoms with Gasteiger partial charge >= 0.3 is 0 Å². The predicted octanol–water partition coefficient (Wildman–Crippen LogP) is 5.93. The number of nitrogens with zero attached hydrogens (tertiary/aromatic N) is 2. The Morgan fingerprint density at radius 2 is 1.97 bits per heavy atom. The van der Waals surface area contributed by atoms with Gasteiger partial charge in [0.1, 0.15) is 23.9 Å². The van der Waals surface area contributed by atoms with Gasteiger partial charge in [-0.25, -0.2) is 0 Å². The highest BCUT2D eigenvalue weighted by Gasteiger charge is 2.35. The normalized spacial score (nSPS) is 14.8. The number of aryl methyl sites for hydroxylation is 1. The Morgan fingerprint density at radius 3 is 2.70 bits per heavy atom. The van der Waals surface area contributed by atoms with Crippen LogP contribution in [0.2, 0.25) is 5.02 Å². The van der Waals surface area contributed by atoms with Gasteiger partial charge in [0.15, 0.2) is 0 Å². The van der Waals surface area contributed by atoms with Crippen LogP contribution in [0.1, 0.15) is 11.3 Å². The minimum Gasteiger partial charge on any atom is -0.490 e. The second-order valence-corrected chi connectivity index (χ2v) is 8.47. The number of carbonyl (C=O) groups excluding carboxylic acids is 2. The van der Waals surface area contributed by atoms with Crippen molar-refractivity contribution < 1.29 is 23.7 Å². The van der Waals surface area contributed by atoms with E-state index in [2.05, 4.69) is 0 Å². The van der Waals surface area contributed by atoms with Gasteiger partial charge in [-0.05, 0) is 55.1 Å². The fourth-order valence-corrected chi connectivity index (χ4v) is 4.27. The lowest BCUT2D eigenvalue weighted by atomic mass is 10.1. The largest absolute Gasteiger partial charge is 0.490 e. The van der Waals surface area contributed by atoms with E-state index in [1.807, 2.05) is 0 Å². The molecule has 0 saturated carbocycles. The lowest BCUT2D eigenvalue weighted by Gasteiger charge is -2.13. The Balaban J connectivity index is 1.43. The van der Waals surface area contributed by atoms with Crippen molar-refractivity contribution in [3.8, 4) is 17.1 Å². The predicted molar refractivity (Wildman–Crippen MR) is 125 cm³/mol. The van der Waals surface area contributed by atoms with Crippen LogP contribution < -0.4 is 4.74 Å². The second-order valence-electron chi connectivity index (χ2n) is 7.07. The highest BCUT2D eigenvalue weighted by molar-refractivity contribution is 8.18. The van der Waals surface area contributed by atoms with Gasteiger partial charge in [0.05, 0.1) is 21.4 Å². The summed E-state index contributed by atoms with van der Waals surface area (Å²) in [6.07, 6.45) is 1.50. The second kappa shape index (κ2) is 9.51. The van der Waals surface area contributed by atoms with Gasteiger partial charge in [-0.1, -0.05) is 23.7 Å². The maximum absolute atomic E-state index is 12.7. The van der Waals surface area contributed by atoms with E-state index in [1.165, 1.54) is 12.1 Å². The molecule has 1 fully saturated rings. The quantitative estimate of drug-likeness (QED) is 0.232. The van der Waals surface area contributed by atoms with Crippen molar-refractivity contribution in [3.05, 3.63) is 86.0 Å². The number of para-hydroxylation sites is 1. The van der Waals surface area contributed by atoms with Crippen molar-refractivity contribution >= 4 is 46.3 Å². The minimum atomic E-state index is -0.442. The molecule has 1 aliphatic heterocycles. The van der Waals surface area contributed by atoms with Crippen LogP contribution in [0.4, 0.5) is 10.5 Å². The van der Waals surface area contributed by atoms with Crippen molar-refractivity contribution in [1.29, 1.82) is 0 Å². The number of hydrogen-bond acceptors (Lipinski definition) is 7. The maximum atomic E-state index is 12.7. The third-order valence-corrected chi connectivity index (χ3v) is 6.08. The molecule has 3 aromatic rings. The molecule has 0 radical (unpaired) electrons. The van der Waals surface area contributed by atoms with E-state index >= 15 is 0 Å². The van der Waals surface area contributed by atoms with Crippen molar-refractivity contribution in [1.82, 2.24) is 4.90 Å². The topological polar surface area (TPSA) is 103 Å². The summed E-state index contributed by atoms with van der Waals surface area (Å²) in [5, 5.41) is 11.0. The molecule has 1 aliphatic rings. The summed E-state index contributed by atoms with van der Waals surface area (Å²) in [7, 11) is 0. The van der Waals surface area contributed by atoms with E-state index in [4.69, 9.17) is 20.8 Å². The number of rotatable bonds is 7. The summed E-state index contributed by atoms with van der Waals surface area (Å²) >= 11 is 6.86. The molecule has 8 nitrogen and oxygen atoms in total. The molecule has 10 heteroatoms. The molecule has 0 bridgehead atoms. The zero-order valence-electron chi connectivity index (χ0n) is 17.3. The molecule has 33 heavy (non-hydrogen) atoms. The molecule has 1 saturated heterocycles. The molecule has 0 spiro atoms. The molecule has 2 heterocycles. The number of imide groups is 1. The monoisotopic (exact) mass is 484 g/mol. The maximum Gasteiger partial charge on any atom is 0.293 e. The van der Waals surface area contributed by atoms with Crippen molar-refractivity contribution in [2.24, 2.45) is 0 Å². The number of amides is 2. The van der Waals surface area contributed by atoms with Crippen LogP contribution in [0.25, 0.3) is 17.4 Å². The minimum absolute atomic E-state index is 0.0257. The Morgan fingerprint density at radius 1 is 1.18 bits per heavy atom. The molecule has 4 rings (SSSR count). The van der Waals surface area contributed by atoms with Crippen LogP contribution in [0, 0.1) is 17.0 Å². The summed E-state index contributed by atoms with van der Waals surface area (Å²) in [6, 6.07) is 15.0. The van der Waals surface area contributed by atoms with E-state index in [1.54, 1.807) is 55.5 Å². The highest BCUT2D eigenvalue weighted by atomic mass is 35.5. The number of carbonyl (C=O) groups is 2. The van der Waals surface area contributed by atoms with Gasteiger partial charge in [0.25, 0.3) is 16.8 Å². The molecule has 0 aliphatic carbocycles. The number of hydrogen-bond donors (Lipinski definition) is 0. The average Bonchev–Trinajstić information content (AvgIpc) is 3.34. The number of furan rings is 1. The molecule has 2 aromatic carbocycles. The number of benzene rings is 2. The zero-order chi connectivity index (χ0) is 23.5. The van der Waals surface area contributed by atoms with Crippen molar-refractivity contribution in [2.45, 2.75) is 6.92 Å². The Kier molecular flexibility index (Phi) is 6.52. The van der Waals surface area contributed by atoms with Gasteiger partial charge < -0.3 is 9.15 Å². The SMILES string of the molecule is Cc1cc(-c2ccc(/C=C3\SC(=O)N(CCOc4ccccc4Cl)C3=O)o2)ccc1[N+](=O)[O-]. The van der Waals surface area contributed by atoms with Crippen LogP contribution in [-0.4, -0.2) is 34.1 Å². The fraction of sp³-hybridized carbons (Fsp3) is 0.130. The first kappa shape index (κ1) is 22.6. The molecule has 168 valence electrons. The molecule has 0 atom stereocenters. The molecule has 0 unspecified atom stereocenters. The molecule has 2 amide bonds. The van der Waals surface area contributed by atoms with Crippen LogP contribution in [0.3, 0.4) is 0 Å². The summed E-state index contributed by atoms with van der Waals surface area (Å²) in [4.78, 5) is 36.9. The fourth-order valence-electron chi connectivity index (χ4n) is 3.23. The summed E-state index contributed by atoms with van der Waals surface area (Å²) in [6.45, 7) is 1.84. The zero-order valence-corrected chi connectivity index (χ0v) is 18.9. The van der Waals surface area contributed by atoms with Crippen LogP contribution in [0.15, 0.2) is 63.9 Å². The van der Waals surface area contributed by atoms with E-state index < -0.39 is 16.1 Å². The molecule has 0 N–H and O–H groups in total. The van der Waals surface area contributed by atoms with E-state index in [0.29, 0.717) is 33.4 Å². The van der Waals surface area contributed by atoms with Crippen molar-refractivity contribution in [3.63, 3.8) is 0 Å². The number of halogens is 1. The van der Waals surface area contributed by atoms with E-state index in [-0.39, 0.29) is 23.7 Å². The Hall–Kier alpha value is -3.56. The molecule has 1 aromatic heterocycles. The van der Waals surface area contributed by atoms with Crippen molar-refractivity contribution in [2.75, 3.05) is 13.2 Å². The Labute approximate surface area is 197 Å². The van der Waals surface area contributed by atoms with Gasteiger partial charge in [-0.15, -0.1) is 0 Å². The lowest BCUT2D eigenvalue weighted by molar-refractivity contribution is -0.385. The van der Waals surface area contributed by atoms with Crippen LogP contribution >= 0.6 is 23.4 Å². The standard InChI is InChI=1S/C23H17ClN2O6S/c1-14-12-15(6-8-18(14)26(29)30)19-9-7-16(32-19)13-21-22(27)25(23(28)33-21)10-11-31-20-5-3-2-4-17(20)24/h2-9,12-13H,10-11H2,1H3/b21-13-. The molecular formula is C23H17ClN2O6S. The van der Waals surface area contributed by atoms with Crippen LogP contribution in [-0.2, 0) is 4.79 Å².